The third-order valence-corrected chi connectivity index (χ3v) is 3.54. The van der Waals surface area contributed by atoms with Crippen LogP contribution < -0.4 is 11.3 Å². The molecule has 1 saturated heterocycles. The molecule has 17 heavy (non-hydrogen) atoms. The van der Waals surface area contributed by atoms with Gasteiger partial charge in [0, 0.05) is 6.61 Å². The van der Waals surface area contributed by atoms with Gasteiger partial charge in [-0.1, -0.05) is 23.8 Å². The Morgan fingerprint density at radius 1 is 1.35 bits per heavy atom. The van der Waals surface area contributed by atoms with Crippen LogP contribution in [0, 0.1) is 13.8 Å². The fourth-order valence-electron chi connectivity index (χ4n) is 2.52. The average Bonchev–Trinajstić information content (AvgIpc) is 2.36. The molecular formula is C14H22N2O. The predicted molar refractivity (Wildman–Crippen MR) is 69.6 cm³/mol. The predicted octanol–water partition coefficient (Wildman–Crippen LogP) is 2.38. The van der Waals surface area contributed by atoms with Gasteiger partial charge in [-0.05, 0) is 44.2 Å². The topological polar surface area (TPSA) is 47.3 Å². The van der Waals surface area contributed by atoms with Crippen LogP contribution in [-0.2, 0) is 4.74 Å². The third-order valence-electron chi connectivity index (χ3n) is 3.54. The van der Waals surface area contributed by atoms with E-state index in [-0.39, 0.29) is 12.1 Å². The minimum Gasteiger partial charge on any atom is -0.376 e. The number of hydrogen-bond donors (Lipinski definition) is 2. The molecule has 94 valence electrons. The molecule has 2 rings (SSSR count). The van der Waals surface area contributed by atoms with Crippen LogP contribution in [0.1, 0.15) is 42.0 Å². The van der Waals surface area contributed by atoms with Crippen molar-refractivity contribution >= 4 is 0 Å². The molecule has 3 heteroatoms. The fraction of sp³-hybridized carbons (Fsp3) is 0.571. The maximum absolute atomic E-state index is 5.84. The van der Waals surface area contributed by atoms with Crippen molar-refractivity contribution in [3.8, 4) is 0 Å². The van der Waals surface area contributed by atoms with E-state index in [1.807, 2.05) is 0 Å². The summed E-state index contributed by atoms with van der Waals surface area (Å²) in [5, 5.41) is 0. The molecule has 1 aliphatic heterocycles. The van der Waals surface area contributed by atoms with Crippen LogP contribution >= 0.6 is 0 Å². The number of hydrazine groups is 1. The maximum Gasteiger partial charge on any atom is 0.0782 e. The number of rotatable bonds is 3. The minimum atomic E-state index is 0.107. The molecule has 1 heterocycles. The lowest BCUT2D eigenvalue weighted by Gasteiger charge is -2.31. The van der Waals surface area contributed by atoms with E-state index in [2.05, 4.69) is 37.5 Å². The quantitative estimate of drug-likeness (QED) is 0.623. The Balaban J connectivity index is 2.24. The molecule has 1 aromatic carbocycles. The Hall–Kier alpha value is -0.900. The van der Waals surface area contributed by atoms with Gasteiger partial charge < -0.3 is 4.74 Å². The molecular weight excluding hydrogens is 212 g/mol. The molecule has 2 atom stereocenters. The SMILES string of the molecule is Cc1ccc(C)c(C(NN)C2CCCCO2)c1. The summed E-state index contributed by atoms with van der Waals surface area (Å²) in [4.78, 5) is 0. The normalized spacial score (nSPS) is 22.4. The van der Waals surface area contributed by atoms with Gasteiger partial charge in [0.25, 0.3) is 0 Å². The lowest BCUT2D eigenvalue weighted by atomic mass is 9.92. The summed E-state index contributed by atoms with van der Waals surface area (Å²) < 4.78 is 5.84. The number of ether oxygens (including phenoxy) is 1. The van der Waals surface area contributed by atoms with Gasteiger partial charge in [0.2, 0.25) is 0 Å². The molecule has 2 unspecified atom stereocenters. The van der Waals surface area contributed by atoms with Gasteiger partial charge in [0.05, 0.1) is 12.1 Å². The van der Waals surface area contributed by atoms with Crippen LogP contribution in [0.3, 0.4) is 0 Å². The van der Waals surface area contributed by atoms with E-state index in [0.717, 1.165) is 13.0 Å². The van der Waals surface area contributed by atoms with E-state index in [0.29, 0.717) is 0 Å². The smallest absolute Gasteiger partial charge is 0.0782 e. The highest BCUT2D eigenvalue weighted by Crippen LogP contribution is 2.28. The molecule has 0 spiro atoms. The lowest BCUT2D eigenvalue weighted by Crippen LogP contribution is -2.40. The van der Waals surface area contributed by atoms with E-state index < -0.39 is 0 Å². The van der Waals surface area contributed by atoms with Crippen LogP contribution in [0.15, 0.2) is 18.2 Å². The second kappa shape index (κ2) is 5.63. The van der Waals surface area contributed by atoms with Crippen molar-refractivity contribution in [2.45, 2.75) is 45.3 Å². The standard InChI is InChI=1S/C14H22N2O/c1-10-6-7-11(2)12(9-10)14(16-15)13-5-3-4-8-17-13/h6-7,9,13-14,16H,3-5,8,15H2,1-2H3. The number of aryl methyl sites for hydroxylation is 2. The zero-order chi connectivity index (χ0) is 12.3. The van der Waals surface area contributed by atoms with Crippen molar-refractivity contribution in [1.29, 1.82) is 0 Å². The Bertz CT molecular complexity index is 372. The third kappa shape index (κ3) is 2.86. The Morgan fingerprint density at radius 3 is 2.82 bits per heavy atom. The summed E-state index contributed by atoms with van der Waals surface area (Å²) >= 11 is 0. The molecule has 1 fully saturated rings. The highest BCUT2D eigenvalue weighted by molar-refractivity contribution is 5.33. The second-order valence-corrected chi connectivity index (χ2v) is 4.91. The van der Waals surface area contributed by atoms with Crippen LogP contribution in [0.4, 0.5) is 0 Å². The van der Waals surface area contributed by atoms with Gasteiger partial charge in [-0.15, -0.1) is 0 Å². The molecule has 3 nitrogen and oxygen atoms in total. The van der Waals surface area contributed by atoms with Gasteiger partial charge >= 0.3 is 0 Å². The summed E-state index contributed by atoms with van der Waals surface area (Å²) in [5.74, 6) is 5.72. The van der Waals surface area contributed by atoms with Gasteiger partial charge in [-0.2, -0.15) is 0 Å². The second-order valence-electron chi connectivity index (χ2n) is 4.91. The summed E-state index contributed by atoms with van der Waals surface area (Å²) in [6, 6.07) is 6.60. The number of hydrogen-bond acceptors (Lipinski definition) is 3. The van der Waals surface area contributed by atoms with Gasteiger partial charge in [-0.3, -0.25) is 11.3 Å². The molecule has 0 aliphatic carbocycles. The molecule has 0 aromatic heterocycles. The number of nitrogens with two attached hydrogens (primary N) is 1. The molecule has 3 N–H and O–H groups in total. The van der Waals surface area contributed by atoms with Crippen molar-refractivity contribution in [2.24, 2.45) is 5.84 Å². The Labute approximate surface area is 103 Å². The lowest BCUT2D eigenvalue weighted by molar-refractivity contribution is -0.00835. The monoisotopic (exact) mass is 234 g/mol. The molecule has 0 radical (unpaired) electrons. The van der Waals surface area contributed by atoms with E-state index in [1.165, 1.54) is 29.5 Å². The van der Waals surface area contributed by atoms with Crippen molar-refractivity contribution in [3.05, 3.63) is 34.9 Å². The molecule has 0 saturated carbocycles. The van der Waals surface area contributed by atoms with Crippen molar-refractivity contribution in [2.75, 3.05) is 6.61 Å². The average molecular weight is 234 g/mol. The van der Waals surface area contributed by atoms with Crippen molar-refractivity contribution in [3.63, 3.8) is 0 Å². The first-order valence-corrected chi connectivity index (χ1v) is 6.37. The summed E-state index contributed by atoms with van der Waals surface area (Å²) in [6.07, 6.45) is 3.69. The Kier molecular flexibility index (Phi) is 4.15. The fourth-order valence-corrected chi connectivity index (χ4v) is 2.52. The number of benzene rings is 1. The largest absolute Gasteiger partial charge is 0.376 e. The molecule has 1 aliphatic rings. The van der Waals surface area contributed by atoms with Crippen LogP contribution in [0.2, 0.25) is 0 Å². The van der Waals surface area contributed by atoms with E-state index in [1.54, 1.807) is 0 Å². The van der Waals surface area contributed by atoms with Crippen LogP contribution in [0.25, 0.3) is 0 Å². The molecule has 1 aromatic rings. The molecule has 0 bridgehead atoms. The van der Waals surface area contributed by atoms with Crippen molar-refractivity contribution in [1.82, 2.24) is 5.43 Å². The Morgan fingerprint density at radius 2 is 2.18 bits per heavy atom. The van der Waals surface area contributed by atoms with Crippen LogP contribution in [0.5, 0.6) is 0 Å². The van der Waals surface area contributed by atoms with Gasteiger partial charge in [0.1, 0.15) is 0 Å². The van der Waals surface area contributed by atoms with E-state index in [4.69, 9.17) is 10.6 Å². The first kappa shape index (κ1) is 12.6. The summed E-state index contributed by atoms with van der Waals surface area (Å²) in [7, 11) is 0. The first-order valence-electron chi connectivity index (χ1n) is 6.37. The maximum atomic E-state index is 5.84. The summed E-state index contributed by atoms with van der Waals surface area (Å²) in [5.41, 5.74) is 6.73. The number of nitrogens with one attached hydrogen (secondary N) is 1. The molecule has 0 amide bonds. The summed E-state index contributed by atoms with van der Waals surface area (Å²) in [6.45, 7) is 5.09. The van der Waals surface area contributed by atoms with Gasteiger partial charge in [-0.25, -0.2) is 0 Å². The zero-order valence-electron chi connectivity index (χ0n) is 10.7. The highest BCUT2D eigenvalue weighted by Gasteiger charge is 2.26. The van der Waals surface area contributed by atoms with E-state index in [9.17, 15) is 0 Å². The zero-order valence-corrected chi connectivity index (χ0v) is 10.7. The first-order chi connectivity index (χ1) is 8.22. The van der Waals surface area contributed by atoms with Crippen LogP contribution in [-0.4, -0.2) is 12.7 Å². The van der Waals surface area contributed by atoms with Gasteiger partial charge in [0.15, 0.2) is 0 Å². The van der Waals surface area contributed by atoms with Crippen molar-refractivity contribution < 1.29 is 4.74 Å². The highest BCUT2D eigenvalue weighted by atomic mass is 16.5. The minimum absolute atomic E-state index is 0.107. The van der Waals surface area contributed by atoms with E-state index >= 15 is 0 Å².